The molecule has 14 heteroatoms. The molecule has 0 spiro atoms. The van der Waals surface area contributed by atoms with Crippen LogP contribution in [0.2, 0.25) is 0 Å². The molecule has 1 unspecified atom stereocenters. The standard InChI is InChI=1S/C35H35F2N5O7/c1-3-41-21-26(34(44)42(35(41)45)24-7-4-22(36)5-8-24)33(43)39-23-6-9-30(27(37)18-23)49-29-10-11-38-28-20-32(31(46-2)19-25(28)29)48-17-14-40-12-15-47-16-13-40/h4-11,18-20,26H,3,12-17,21H2,1-2H3,(H,39,43). The third-order valence-corrected chi connectivity index (χ3v) is 8.34. The van der Waals surface area contributed by atoms with Crippen molar-refractivity contribution in [2.24, 2.45) is 5.92 Å². The number of carbonyl (C=O) groups excluding carboxylic acids is 3. The summed E-state index contributed by atoms with van der Waals surface area (Å²) in [6.07, 6.45) is 1.54. The van der Waals surface area contributed by atoms with E-state index in [2.05, 4.69) is 15.2 Å². The summed E-state index contributed by atoms with van der Waals surface area (Å²) < 4.78 is 51.8. The smallest absolute Gasteiger partial charge is 0.331 e. The van der Waals surface area contributed by atoms with Gasteiger partial charge in [0, 0.05) is 62.1 Å². The number of imide groups is 1. The minimum absolute atomic E-state index is 0.0797. The number of hydrogen-bond donors (Lipinski definition) is 1. The molecule has 12 nitrogen and oxygen atoms in total. The molecular weight excluding hydrogens is 640 g/mol. The van der Waals surface area contributed by atoms with Crippen LogP contribution in [0.1, 0.15) is 6.92 Å². The highest BCUT2D eigenvalue weighted by molar-refractivity contribution is 6.23. The van der Waals surface area contributed by atoms with Crippen LogP contribution in [-0.2, 0) is 14.3 Å². The number of anilines is 2. The summed E-state index contributed by atoms with van der Waals surface area (Å²) >= 11 is 0. The number of amides is 4. The molecule has 256 valence electrons. The maximum Gasteiger partial charge on any atom is 0.331 e. The molecule has 1 aromatic heterocycles. The Balaban J connectivity index is 1.15. The number of aromatic nitrogens is 1. The first-order valence-corrected chi connectivity index (χ1v) is 15.8. The van der Waals surface area contributed by atoms with Crippen molar-refractivity contribution in [1.82, 2.24) is 14.8 Å². The summed E-state index contributed by atoms with van der Waals surface area (Å²) in [4.78, 5) is 48.5. The first kappa shape index (κ1) is 33.6. The van der Waals surface area contributed by atoms with Crippen LogP contribution in [0, 0.1) is 17.6 Å². The molecule has 1 N–H and O–H groups in total. The molecule has 3 aromatic carbocycles. The lowest BCUT2D eigenvalue weighted by Gasteiger charge is -2.37. The van der Waals surface area contributed by atoms with Crippen molar-refractivity contribution in [3.63, 3.8) is 0 Å². The molecule has 4 amide bonds. The number of morpholine rings is 1. The quantitative estimate of drug-likeness (QED) is 0.217. The van der Waals surface area contributed by atoms with Gasteiger partial charge in [-0.25, -0.2) is 18.5 Å². The van der Waals surface area contributed by atoms with E-state index in [1.165, 1.54) is 42.5 Å². The lowest BCUT2D eigenvalue weighted by atomic mass is 10.0. The van der Waals surface area contributed by atoms with Gasteiger partial charge in [0.25, 0.3) is 0 Å². The average Bonchev–Trinajstić information content (AvgIpc) is 3.10. The number of halogens is 2. The minimum Gasteiger partial charge on any atom is -0.493 e. The van der Waals surface area contributed by atoms with Gasteiger partial charge in [0.05, 0.1) is 31.5 Å². The van der Waals surface area contributed by atoms with Crippen molar-refractivity contribution in [2.45, 2.75) is 6.92 Å². The Labute approximate surface area is 281 Å². The van der Waals surface area contributed by atoms with E-state index in [4.69, 9.17) is 18.9 Å². The number of ether oxygens (including phenoxy) is 4. The number of carbonyl (C=O) groups is 3. The first-order valence-electron chi connectivity index (χ1n) is 15.8. The lowest BCUT2D eigenvalue weighted by Crippen LogP contribution is -2.59. The minimum atomic E-state index is -1.28. The summed E-state index contributed by atoms with van der Waals surface area (Å²) in [5, 5.41) is 3.14. The van der Waals surface area contributed by atoms with Crippen LogP contribution < -0.4 is 24.4 Å². The van der Waals surface area contributed by atoms with E-state index in [1.807, 2.05) is 0 Å². The normalized spacial score (nSPS) is 16.9. The predicted octanol–water partition coefficient (Wildman–Crippen LogP) is 5.07. The number of nitrogens with zero attached hydrogens (tertiary/aromatic N) is 4. The molecule has 2 aliphatic rings. The van der Waals surface area contributed by atoms with Gasteiger partial charge in [-0.1, -0.05) is 0 Å². The van der Waals surface area contributed by atoms with Crippen LogP contribution in [0.3, 0.4) is 0 Å². The third kappa shape index (κ3) is 7.39. The maximum atomic E-state index is 15.4. The van der Waals surface area contributed by atoms with Gasteiger partial charge < -0.3 is 29.2 Å². The second-order valence-corrected chi connectivity index (χ2v) is 11.4. The van der Waals surface area contributed by atoms with Gasteiger partial charge in [0.15, 0.2) is 23.1 Å². The zero-order valence-corrected chi connectivity index (χ0v) is 27.0. The average molecular weight is 676 g/mol. The van der Waals surface area contributed by atoms with Crippen LogP contribution in [0.25, 0.3) is 10.9 Å². The molecule has 0 aliphatic carbocycles. The Morgan fingerprint density at radius 2 is 1.76 bits per heavy atom. The van der Waals surface area contributed by atoms with E-state index >= 15 is 4.39 Å². The molecule has 4 aromatic rings. The molecule has 2 aliphatic heterocycles. The van der Waals surface area contributed by atoms with Gasteiger partial charge in [-0.05, 0) is 55.5 Å². The first-order chi connectivity index (χ1) is 23.7. The number of rotatable bonds is 11. The molecule has 1 atom stereocenters. The zero-order valence-electron chi connectivity index (χ0n) is 27.0. The van der Waals surface area contributed by atoms with Crippen molar-refractivity contribution < 1.29 is 42.1 Å². The zero-order chi connectivity index (χ0) is 34.5. The number of pyridine rings is 1. The SMILES string of the molecule is CCN1CC(C(=O)Nc2ccc(Oc3ccnc4cc(OCCN5CCOCC5)c(OC)cc34)c(F)c2)C(=O)N(c2ccc(F)cc2)C1=O. The van der Waals surface area contributed by atoms with Crippen molar-refractivity contribution >= 4 is 40.1 Å². The summed E-state index contributed by atoms with van der Waals surface area (Å²) in [7, 11) is 1.53. The Kier molecular flexibility index (Phi) is 10.2. The Morgan fingerprint density at radius 3 is 2.47 bits per heavy atom. The summed E-state index contributed by atoms with van der Waals surface area (Å²) in [5.41, 5.74) is 0.764. The Morgan fingerprint density at radius 1 is 0.980 bits per heavy atom. The Bertz CT molecular complexity index is 1850. The molecule has 3 heterocycles. The van der Waals surface area contributed by atoms with E-state index in [9.17, 15) is 18.8 Å². The van der Waals surface area contributed by atoms with E-state index in [1.54, 1.807) is 25.1 Å². The predicted molar refractivity (Wildman–Crippen MR) is 176 cm³/mol. The third-order valence-electron chi connectivity index (χ3n) is 8.34. The summed E-state index contributed by atoms with van der Waals surface area (Å²) in [5.74, 6) is -2.92. The van der Waals surface area contributed by atoms with Gasteiger partial charge in [-0.3, -0.25) is 19.5 Å². The number of nitrogens with one attached hydrogen (secondary N) is 1. The second kappa shape index (κ2) is 14.8. The van der Waals surface area contributed by atoms with E-state index in [0.717, 1.165) is 42.7 Å². The molecule has 2 saturated heterocycles. The number of fused-ring (bicyclic) bond motifs is 1. The van der Waals surface area contributed by atoms with Crippen molar-refractivity contribution in [1.29, 1.82) is 0 Å². The van der Waals surface area contributed by atoms with Gasteiger partial charge in [0.1, 0.15) is 24.1 Å². The molecule has 0 radical (unpaired) electrons. The van der Waals surface area contributed by atoms with Crippen molar-refractivity contribution in [3.8, 4) is 23.0 Å². The van der Waals surface area contributed by atoms with Crippen molar-refractivity contribution in [2.75, 3.05) is 69.9 Å². The van der Waals surface area contributed by atoms with Gasteiger partial charge >= 0.3 is 6.03 Å². The summed E-state index contributed by atoms with van der Waals surface area (Å²) in [6, 6.07) is 13.1. The van der Waals surface area contributed by atoms with Crippen LogP contribution in [-0.4, -0.2) is 92.3 Å². The Hall–Kier alpha value is -5.34. The fourth-order valence-electron chi connectivity index (χ4n) is 5.66. The monoisotopic (exact) mass is 675 g/mol. The van der Waals surface area contributed by atoms with Crippen LogP contribution in [0.5, 0.6) is 23.0 Å². The van der Waals surface area contributed by atoms with Crippen molar-refractivity contribution in [3.05, 3.63) is 78.5 Å². The number of methoxy groups -OCH3 is 1. The van der Waals surface area contributed by atoms with E-state index in [0.29, 0.717) is 48.0 Å². The molecule has 6 rings (SSSR count). The molecule has 0 saturated carbocycles. The maximum absolute atomic E-state index is 15.4. The molecular formula is C35H35F2N5O7. The number of urea groups is 1. The molecule has 0 bridgehead atoms. The van der Waals surface area contributed by atoms with Gasteiger partial charge in [-0.2, -0.15) is 0 Å². The van der Waals surface area contributed by atoms with Crippen LogP contribution >= 0.6 is 0 Å². The largest absolute Gasteiger partial charge is 0.493 e. The highest BCUT2D eigenvalue weighted by Crippen LogP contribution is 2.38. The van der Waals surface area contributed by atoms with Crippen LogP contribution in [0.4, 0.5) is 25.0 Å². The van der Waals surface area contributed by atoms with E-state index in [-0.39, 0.29) is 30.2 Å². The van der Waals surface area contributed by atoms with Gasteiger partial charge in [-0.15, -0.1) is 0 Å². The number of hydrogen-bond acceptors (Lipinski definition) is 9. The lowest BCUT2D eigenvalue weighted by molar-refractivity contribution is -0.132. The molecule has 49 heavy (non-hydrogen) atoms. The van der Waals surface area contributed by atoms with E-state index < -0.39 is 35.4 Å². The fraction of sp³-hybridized carbons (Fsp3) is 0.314. The highest BCUT2D eigenvalue weighted by atomic mass is 19.1. The highest BCUT2D eigenvalue weighted by Gasteiger charge is 2.43. The fourth-order valence-corrected chi connectivity index (χ4v) is 5.66. The second-order valence-electron chi connectivity index (χ2n) is 11.4. The number of benzene rings is 3. The van der Waals surface area contributed by atoms with Crippen LogP contribution in [0.15, 0.2) is 66.9 Å². The summed E-state index contributed by atoms with van der Waals surface area (Å²) in [6.45, 7) is 6.05. The van der Waals surface area contributed by atoms with Gasteiger partial charge in [0.2, 0.25) is 11.8 Å². The topological polar surface area (TPSA) is 123 Å². The molecule has 2 fully saturated rings.